The smallest absolute Gasteiger partial charge is 0.223 e. The molecule has 1 aliphatic heterocycles. The summed E-state index contributed by atoms with van der Waals surface area (Å²) in [7, 11) is 0. The van der Waals surface area contributed by atoms with Gasteiger partial charge in [0.05, 0.1) is 12.7 Å². The second-order valence-electron chi connectivity index (χ2n) is 6.79. The first-order valence-electron chi connectivity index (χ1n) is 8.71. The maximum absolute atomic E-state index is 5.05. The summed E-state index contributed by atoms with van der Waals surface area (Å²) in [6.45, 7) is 10.7. The third kappa shape index (κ3) is 3.21. The number of hydrogen-bond acceptors (Lipinski definition) is 7. The highest BCUT2D eigenvalue weighted by atomic mass is 16.5. The van der Waals surface area contributed by atoms with Crippen LogP contribution in [0.15, 0.2) is 22.9 Å². The van der Waals surface area contributed by atoms with Crippen LogP contribution < -0.4 is 4.90 Å². The zero-order valence-corrected chi connectivity index (χ0v) is 14.9. The van der Waals surface area contributed by atoms with Gasteiger partial charge in [-0.05, 0) is 5.92 Å². The van der Waals surface area contributed by atoms with Gasteiger partial charge in [0.2, 0.25) is 5.89 Å². The molecule has 25 heavy (non-hydrogen) atoms. The molecule has 0 N–H and O–H groups in total. The number of piperazine rings is 1. The number of aryl methyl sites for hydroxylation is 1. The van der Waals surface area contributed by atoms with Crippen LogP contribution in [0.25, 0.3) is 5.65 Å². The van der Waals surface area contributed by atoms with Gasteiger partial charge in [0, 0.05) is 50.9 Å². The molecular weight excluding hydrogens is 318 g/mol. The maximum Gasteiger partial charge on any atom is 0.223 e. The average Bonchev–Trinajstić information content (AvgIpc) is 3.23. The third-order valence-electron chi connectivity index (χ3n) is 4.58. The summed E-state index contributed by atoms with van der Waals surface area (Å²) in [5, 5.41) is 8.44. The fourth-order valence-corrected chi connectivity index (χ4v) is 3.18. The predicted octanol–water partition coefficient (Wildman–Crippen LogP) is 1.87. The second-order valence-corrected chi connectivity index (χ2v) is 6.79. The Morgan fingerprint density at radius 2 is 1.96 bits per heavy atom. The van der Waals surface area contributed by atoms with Gasteiger partial charge in [-0.3, -0.25) is 4.90 Å². The number of hydrogen-bond donors (Lipinski definition) is 0. The molecule has 8 heteroatoms. The molecule has 0 spiro atoms. The molecule has 0 unspecified atom stereocenters. The molecular formula is C17H23N7O. The quantitative estimate of drug-likeness (QED) is 0.717. The van der Waals surface area contributed by atoms with Crippen LogP contribution in [0.4, 0.5) is 5.82 Å². The van der Waals surface area contributed by atoms with E-state index in [4.69, 9.17) is 9.51 Å². The number of rotatable bonds is 4. The molecule has 4 rings (SSSR count). The molecule has 0 amide bonds. The van der Waals surface area contributed by atoms with E-state index in [2.05, 4.69) is 45.0 Å². The number of anilines is 1. The van der Waals surface area contributed by atoms with Crippen molar-refractivity contribution in [2.75, 3.05) is 31.1 Å². The SMILES string of the molecule is Cc1nc(CN2CCN(c3cc(C(C)C)nc4ccnn34)CC2)no1. The normalized spacial score (nSPS) is 16.2. The van der Waals surface area contributed by atoms with Gasteiger partial charge >= 0.3 is 0 Å². The van der Waals surface area contributed by atoms with Crippen molar-refractivity contribution >= 4 is 11.5 Å². The van der Waals surface area contributed by atoms with E-state index in [0.29, 0.717) is 11.8 Å². The van der Waals surface area contributed by atoms with Crippen LogP contribution in [0.2, 0.25) is 0 Å². The van der Waals surface area contributed by atoms with E-state index in [0.717, 1.165) is 55.7 Å². The summed E-state index contributed by atoms with van der Waals surface area (Å²) in [5.74, 6) is 2.88. The fraction of sp³-hybridized carbons (Fsp3) is 0.529. The van der Waals surface area contributed by atoms with Gasteiger partial charge in [-0.2, -0.15) is 14.6 Å². The highest BCUT2D eigenvalue weighted by molar-refractivity contribution is 5.51. The Kier molecular flexibility index (Phi) is 4.12. The standard InChI is InChI=1S/C17H23N7O/c1-12(2)14-10-17(24-16(20-14)4-5-18-24)23-8-6-22(7-9-23)11-15-19-13(3)25-21-15/h4-5,10,12H,6-9,11H2,1-3H3. The van der Waals surface area contributed by atoms with Crippen molar-refractivity contribution in [2.24, 2.45) is 0 Å². The average molecular weight is 341 g/mol. The van der Waals surface area contributed by atoms with Gasteiger partial charge in [0.1, 0.15) is 5.82 Å². The Morgan fingerprint density at radius 3 is 2.64 bits per heavy atom. The van der Waals surface area contributed by atoms with Gasteiger partial charge in [-0.15, -0.1) is 0 Å². The molecule has 0 aliphatic carbocycles. The zero-order valence-electron chi connectivity index (χ0n) is 14.9. The molecule has 1 fully saturated rings. The van der Waals surface area contributed by atoms with E-state index >= 15 is 0 Å². The molecule has 8 nitrogen and oxygen atoms in total. The van der Waals surface area contributed by atoms with Gasteiger partial charge in [-0.1, -0.05) is 19.0 Å². The van der Waals surface area contributed by atoms with E-state index in [1.807, 2.05) is 23.7 Å². The second kappa shape index (κ2) is 6.44. The number of fused-ring (bicyclic) bond motifs is 1. The van der Waals surface area contributed by atoms with Crippen molar-refractivity contribution in [2.45, 2.75) is 33.2 Å². The molecule has 3 aromatic rings. The van der Waals surface area contributed by atoms with Gasteiger partial charge < -0.3 is 9.42 Å². The monoisotopic (exact) mass is 341 g/mol. The summed E-state index contributed by atoms with van der Waals surface area (Å²) in [6, 6.07) is 4.13. The third-order valence-corrected chi connectivity index (χ3v) is 4.58. The molecule has 0 saturated carbocycles. The maximum atomic E-state index is 5.05. The molecule has 1 saturated heterocycles. The minimum absolute atomic E-state index is 0.390. The fourth-order valence-electron chi connectivity index (χ4n) is 3.18. The molecule has 1 aliphatic rings. The molecule has 0 bridgehead atoms. The lowest BCUT2D eigenvalue weighted by atomic mass is 10.1. The highest BCUT2D eigenvalue weighted by Gasteiger charge is 2.22. The largest absolute Gasteiger partial charge is 0.354 e. The van der Waals surface area contributed by atoms with Crippen LogP contribution in [0.3, 0.4) is 0 Å². The van der Waals surface area contributed by atoms with Gasteiger partial charge in [0.15, 0.2) is 11.5 Å². The first kappa shape index (κ1) is 16.0. The summed E-state index contributed by atoms with van der Waals surface area (Å²) in [4.78, 5) is 13.7. The van der Waals surface area contributed by atoms with Crippen LogP contribution >= 0.6 is 0 Å². The van der Waals surface area contributed by atoms with Crippen LogP contribution in [0.1, 0.15) is 37.2 Å². The molecule has 0 radical (unpaired) electrons. The minimum atomic E-state index is 0.390. The van der Waals surface area contributed by atoms with Gasteiger partial charge in [0.25, 0.3) is 0 Å². The lowest BCUT2D eigenvalue weighted by Crippen LogP contribution is -2.46. The Morgan fingerprint density at radius 1 is 1.16 bits per heavy atom. The Bertz CT molecular complexity index is 861. The number of nitrogens with zero attached hydrogens (tertiary/aromatic N) is 7. The number of aromatic nitrogens is 5. The lowest BCUT2D eigenvalue weighted by Gasteiger charge is -2.35. The zero-order chi connectivity index (χ0) is 17.4. The molecule has 4 heterocycles. The van der Waals surface area contributed by atoms with Crippen LogP contribution in [-0.2, 0) is 6.54 Å². The molecule has 132 valence electrons. The van der Waals surface area contributed by atoms with E-state index in [-0.39, 0.29) is 0 Å². The van der Waals surface area contributed by atoms with Crippen molar-refractivity contribution in [3.05, 3.63) is 35.7 Å². The summed E-state index contributed by atoms with van der Waals surface area (Å²) >= 11 is 0. The first-order valence-corrected chi connectivity index (χ1v) is 8.71. The Labute approximate surface area is 146 Å². The van der Waals surface area contributed by atoms with Crippen molar-refractivity contribution in [1.29, 1.82) is 0 Å². The van der Waals surface area contributed by atoms with E-state index in [1.54, 1.807) is 0 Å². The Balaban J connectivity index is 1.50. The summed E-state index contributed by atoms with van der Waals surface area (Å²) in [5.41, 5.74) is 2.01. The van der Waals surface area contributed by atoms with Crippen molar-refractivity contribution in [3.8, 4) is 0 Å². The van der Waals surface area contributed by atoms with E-state index in [9.17, 15) is 0 Å². The van der Waals surface area contributed by atoms with Gasteiger partial charge in [-0.25, -0.2) is 4.98 Å². The topological polar surface area (TPSA) is 75.6 Å². The first-order chi connectivity index (χ1) is 12.1. The molecule has 3 aromatic heterocycles. The predicted molar refractivity (Wildman–Crippen MR) is 93.6 cm³/mol. The van der Waals surface area contributed by atoms with Crippen LogP contribution in [0.5, 0.6) is 0 Å². The van der Waals surface area contributed by atoms with Crippen molar-refractivity contribution in [1.82, 2.24) is 29.6 Å². The van der Waals surface area contributed by atoms with Crippen LogP contribution in [-0.4, -0.2) is 55.8 Å². The Hall–Kier alpha value is -2.48. The van der Waals surface area contributed by atoms with Crippen molar-refractivity contribution in [3.63, 3.8) is 0 Å². The highest BCUT2D eigenvalue weighted by Crippen LogP contribution is 2.23. The summed E-state index contributed by atoms with van der Waals surface area (Å²) < 4.78 is 6.99. The molecule has 0 aromatic carbocycles. The lowest BCUT2D eigenvalue weighted by molar-refractivity contribution is 0.239. The van der Waals surface area contributed by atoms with Crippen LogP contribution in [0, 0.1) is 6.92 Å². The van der Waals surface area contributed by atoms with Crippen molar-refractivity contribution < 1.29 is 4.52 Å². The minimum Gasteiger partial charge on any atom is -0.354 e. The van der Waals surface area contributed by atoms with E-state index < -0.39 is 0 Å². The molecule has 0 atom stereocenters. The summed E-state index contributed by atoms with van der Waals surface area (Å²) in [6.07, 6.45) is 1.81. The van der Waals surface area contributed by atoms with E-state index in [1.165, 1.54) is 0 Å².